The Morgan fingerprint density at radius 1 is 0.966 bits per heavy atom. The summed E-state index contributed by atoms with van der Waals surface area (Å²) in [4.78, 5) is 28.2. The zero-order valence-electron chi connectivity index (χ0n) is 15.9. The van der Waals surface area contributed by atoms with E-state index in [4.69, 9.17) is 9.47 Å². The second-order valence-corrected chi connectivity index (χ2v) is 6.11. The highest BCUT2D eigenvalue weighted by molar-refractivity contribution is 5.99. The zero-order valence-corrected chi connectivity index (χ0v) is 15.9. The quantitative estimate of drug-likeness (QED) is 0.616. The van der Waals surface area contributed by atoms with Gasteiger partial charge in [-0.2, -0.15) is 0 Å². The molecule has 0 aliphatic carbocycles. The van der Waals surface area contributed by atoms with Crippen LogP contribution in [0.25, 0.3) is 0 Å². The minimum absolute atomic E-state index is 0.146. The Morgan fingerprint density at radius 2 is 1.72 bits per heavy atom. The van der Waals surface area contributed by atoms with Crippen molar-refractivity contribution in [3.63, 3.8) is 0 Å². The van der Waals surface area contributed by atoms with Crippen LogP contribution in [0.1, 0.15) is 15.9 Å². The number of ether oxygens (including phenoxy) is 2. The fraction of sp³-hybridized carbons (Fsp3) is 0.136. The molecule has 0 aliphatic rings. The highest BCUT2D eigenvalue weighted by Gasteiger charge is 2.11. The lowest BCUT2D eigenvalue weighted by Gasteiger charge is -2.13. The first-order valence-electron chi connectivity index (χ1n) is 8.98. The molecule has 0 radical (unpaired) electrons. The summed E-state index contributed by atoms with van der Waals surface area (Å²) in [6.45, 7) is 0.191. The molecule has 2 aromatic carbocycles. The fourth-order valence-corrected chi connectivity index (χ4v) is 2.56. The molecular formula is C22H21N3O4. The van der Waals surface area contributed by atoms with Crippen molar-refractivity contribution in [2.24, 2.45) is 0 Å². The number of nitrogens with one attached hydrogen (secondary N) is 2. The summed E-state index contributed by atoms with van der Waals surface area (Å²) in [6, 6.07) is 17.5. The van der Waals surface area contributed by atoms with E-state index in [0.717, 1.165) is 5.56 Å². The SMILES string of the molecule is COc1ccc(NC(=O)CNC(=O)c2ccccc2)cc1OCc1ccncc1. The number of hydrogen-bond donors (Lipinski definition) is 2. The molecule has 7 heteroatoms. The van der Waals surface area contributed by atoms with Gasteiger partial charge in [-0.05, 0) is 42.0 Å². The topological polar surface area (TPSA) is 89.6 Å². The molecule has 7 nitrogen and oxygen atoms in total. The van der Waals surface area contributed by atoms with Crippen molar-refractivity contribution in [3.05, 3.63) is 84.2 Å². The lowest BCUT2D eigenvalue weighted by molar-refractivity contribution is -0.115. The summed E-state index contributed by atoms with van der Waals surface area (Å²) in [5, 5.41) is 5.33. The Labute approximate surface area is 168 Å². The standard InChI is InChI=1S/C22H21N3O4/c1-28-19-8-7-18(13-20(19)29-15-16-9-11-23-12-10-16)25-21(26)14-24-22(27)17-5-3-2-4-6-17/h2-13H,14-15H2,1H3,(H,24,27)(H,25,26). The van der Waals surface area contributed by atoms with Crippen LogP contribution in [0.4, 0.5) is 5.69 Å². The summed E-state index contributed by atoms with van der Waals surface area (Å²) >= 11 is 0. The van der Waals surface area contributed by atoms with Crippen molar-refractivity contribution in [1.29, 1.82) is 0 Å². The summed E-state index contributed by atoms with van der Waals surface area (Å²) in [7, 11) is 1.55. The van der Waals surface area contributed by atoms with E-state index >= 15 is 0 Å². The highest BCUT2D eigenvalue weighted by Crippen LogP contribution is 2.30. The van der Waals surface area contributed by atoms with Crippen LogP contribution in [0, 0.1) is 0 Å². The summed E-state index contributed by atoms with van der Waals surface area (Å²) < 4.78 is 11.1. The number of rotatable bonds is 8. The first kappa shape index (κ1) is 19.9. The molecule has 1 heterocycles. The molecule has 0 saturated carbocycles. The van der Waals surface area contributed by atoms with Crippen LogP contribution in [0.3, 0.4) is 0 Å². The van der Waals surface area contributed by atoms with Crippen LogP contribution in [-0.4, -0.2) is 30.5 Å². The molecule has 3 aromatic rings. The second kappa shape index (κ2) is 9.89. The smallest absolute Gasteiger partial charge is 0.251 e. The average molecular weight is 391 g/mol. The maximum atomic E-state index is 12.2. The fourth-order valence-electron chi connectivity index (χ4n) is 2.56. The number of hydrogen-bond acceptors (Lipinski definition) is 5. The van der Waals surface area contributed by atoms with Crippen molar-refractivity contribution in [3.8, 4) is 11.5 Å². The Hall–Kier alpha value is -3.87. The molecule has 0 unspecified atom stereocenters. The van der Waals surface area contributed by atoms with Gasteiger partial charge in [-0.15, -0.1) is 0 Å². The molecule has 0 aliphatic heterocycles. The molecule has 29 heavy (non-hydrogen) atoms. The molecule has 0 fully saturated rings. The van der Waals surface area contributed by atoms with E-state index in [9.17, 15) is 9.59 Å². The number of anilines is 1. The van der Waals surface area contributed by atoms with Crippen LogP contribution < -0.4 is 20.1 Å². The van der Waals surface area contributed by atoms with E-state index in [1.165, 1.54) is 0 Å². The Kier molecular flexibility index (Phi) is 6.78. The summed E-state index contributed by atoms with van der Waals surface area (Å²) in [6.07, 6.45) is 3.38. The van der Waals surface area contributed by atoms with Gasteiger partial charge < -0.3 is 20.1 Å². The van der Waals surface area contributed by atoms with E-state index in [1.54, 1.807) is 62.0 Å². The monoisotopic (exact) mass is 391 g/mol. The van der Waals surface area contributed by atoms with Gasteiger partial charge >= 0.3 is 0 Å². The van der Waals surface area contributed by atoms with Gasteiger partial charge in [0.1, 0.15) is 6.61 Å². The molecule has 2 amide bonds. The number of benzene rings is 2. The van der Waals surface area contributed by atoms with Gasteiger partial charge in [-0.25, -0.2) is 0 Å². The minimum atomic E-state index is -0.348. The predicted octanol–water partition coefficient (Wildman–Crippen LogP) is 3.04. The third-order valence-electron chi connectivity index (χ3n) is 4.04. The van der Waals surface area contributed by atoms with Gasteiger partial charge in [0.05, 0.1) is 13.7 Å². The number of carbonyl (C=O) groups is 2. The van der Waals surface area contributed by atoms with Crippen molar-refractivity contribution >= 4 is 17.5 Å². The molecule has 2 N–H and O–H groups in total. The number of amides is 2. The van der Waals surface area contributed by atoms with Crippen LogP contribution in [0.5, 0.6) is 11.5 Å². The third-order valence-corrected chi connectivity index (χ3v) is 4.04. The molecule has 3 rings (SSSR count). The highest BCUT2D eigenvalue weighted by atomic mass is 16.5. The maximum absolute atomic E-state index is 12.2. The maximum Gasteiger partial charge on any atom is 0.251 e. The number of methoxy groups -OCH3 is 1. The van der Waals surface area contributed by atoms with Crippen LogP contribution >= 0.6 is 0 Å². The largest absolute Gasteiger partial charge is 0.493 e. The van der Waals surface area contributed by atoms with Crippen LogP contribution in [0.2, 0.25) is 0 Å². The van der Waals surface area contributed by atoms with Gasteiger partial charge in [-0.3, -0.25) is 14.6 Å². The number of aromatic nitrogens is 1. The first-order chi connectivity index (χ1) is 14.2. The van der Waals surface area contributed by atoms with Gasteiger partial charge in [0.2, 0.25) is 5.91 Å². The Balaban J connectivity index is 1.58. The van der Waals surface area contributed by atoms with E-state index in [-0.39, 0.29) is 18.4 Å². The van der Waals surface area contributed by atoms with Gasteiger partial charge in [-0.1, -0.05) is 18.2 Å². The number of pyridine rings is 1. The van der Waals surface area contributed by atoms with E-state index in [0.29, 0.717) is 29.4 Å². The van der Waals surface area contributed by atoms with E-state index in [2.05, 4.69) is 15.6 Å². The molecule has 148 valence electrons. The van der Waals surface area contributed by atoms with Crippen LogP contribution in [0.15, 0.2) is 73.1 Å². The molecule has 1 aromatic heterocycles. The number of carbonyl (C=O) groups excluding carboxylic acids is 2. The van der Waals surface area contributed by atoms with Crippen LogP contribution in [-0.2, 0) is 11.4 Å². The van der Waals surface area contributed by atoms with Crippen molar-refractivity contribution in [1.82, 2.24) is 10.3 Å². The molecular weight excluding hydrogens is 370 g/mol. The zero-order chi connectivity index (χ0) is 20.5. The predicted molar refractivity (Wildman–Crippen MR) is 109 cm³/mol. The van der Waals surface area contributed by atoms with Crippen molar-refractivity contribution in [2.75, 3.05) is 19.0 Å². The average Bonchev–Trinajstić information content (AvgIpc) is 2.77. The lowest BCUT2D eigenvalue weighted by atomic mass is 10.2. The Bertz CT molecular complexity index is 962. The minimum Gasteiger partial charge on any atom is -0.493 e. The van der Waals surface area contributed by atoms with Crippen molar-refractivity contribution < 1.29 is 19.1 Å². The van der Waals surface area contributed by atoms with Gasteiger partial charge in [0.15, 0.2) is 11.5 Å². The Morgan fingerprint density at radius 3 is 2.45 bits per heavy atom. The van der Waals surface area contributed by atoms with Gasteiger partial charge in [0.25, 0.3) is 5.91 Å². The van der Waals surface area contributed by atoms with E-state index in [1.807, 2.05) is 18.2 Å². The molecule has 0 saturated heterocycles. The summed E-state index contributed by atoms with van der Waals surface area (Å²) in [5.74, 6) is 0.390. The molecule has 0 spiro atoms. The normalized spacial score (nSPS) is 10.1. The lowest BCUT2D eigenvalue weighted by Crippen LogP contribution is -2.32. The second-order valence-electron chi connectivity index (χ2n) is 6.11. The summed E-state index contributed by atoms with van der Waals surface area (Å²) in [5.41, 5.74) is 1.99. The first-order valence-corrected chi connectivity index (χ1v) is 8.98. The van der Waals surface area contributed by atoms with E-state index < -0.39 is 0 Å². The van der Waals surface area contributed by atoms with Crippen molar-refractivity contribution in [2.45, 2.75) is 6.61 Å². The molecule has 0 atom stereocenters. The third kappa shape index (κ3) is 5.80. The number of nitrogens with zero attached hydrogens (tertiary/aromatic N) is 1. The molecule has 0 bridgehead atoms. The van der Waals surface area contributed by atoms with Gasteiger partial charge in [0, 0.05) is 29.7 Å².